The summed E-state index contributed by atoms with van der Waals surface area (Å²) in [5, 5.41) is 10.1. The molecule has 6 aromatic heterocycles. The molecule has 7 heterocycles. The van der Waals surface area contributed by atoms with Crippen molar-refractivity contribution < 1.29 is 4.42 Å². The Balaban J connectivity index is 0.000000112. The van der Waals surface area contributed by atoms with Crippen molar-refractivity contribution in [2.45, 2.75) is 16.2 Å². The molecule has 2 aliphatic rings. The van der Waals surface area contributed by atoms with Gasteiger partial charge in [0.05, 0.1) is 22.5 Å². The third kappa shape index (κ3) is 15.2. The molecule has 17 heteroatoms. The number of fused-ring (bicyclic) bond motifs is 12. The maximum Gasteiger partial charge on any atom is 0.226 e. The average Bonchev–Trinajstić information content (AvgIpc) is 1.57. The lowest BCUT2D eigenvalue weighted by molar-refractivity contribution is 0.669. The monoisotopic (exact) mass is 1730 g/mol. The van der Waals surface area contributed by atoms with Crippen molar-refractivity contribution in [2.75, 3.05) is 4.90 Å². The maximum atomic E-state index is 6.58. The summed E-state index contributed by atoms with van der Waals surface area (Å²) < 4.78 is 11.1. The molecule has 0 amide bonds. The van der Waals surface area contributed by atoms with Crippen molar-refractivity contribution >= 4 is 154 Å². The fourth-order valence-corrected chi connectivity index (χ4v) is 21.1. The number of halogens is 3. The summed E-state index contributed by atoms with van der Waals surface area (Å²) in [5.41, 5.74) is 21.2. The smallest absolute Gasteiger partial charge is 0.226 e. The molecule has 16 aromatic carbocycles. The van der Waals surface area contributed by atoms with Crippen LogP contribution in [0.2, 0.25) is 15.9 Å². The Hall–Kier alpha value is -14.5. The van der Waals surface area contributed by atoms with Gasteiger partial charge < -0.3 is 9.32 Å². The highest BCUT2D eigenvalue weighted by atomic mass is 35.5. The molecule has 22 aromatic rings. The average molecular weight is 1740 g/mol. The zero-order chi connectivity index (χ0) is 84.1. The van der Waals surface area contributed by atoms with Gasteiger partial charge in [0.2, 0.25) is 15.9 Å². The van der Waals surface area contributed by atoms with Crippen molar-refractivity contribution in [3.8, 4) is 124 Å². The Kier molecular flexibility index (Phi) is 20.7. The standard InChI is InChI=1S/C39H25ClN4OS.C37H22ClN3S.C33H20ClN3S/c40-39-42-37(26-18-20-32-35(23-26)46-34-17-8-7-16-31(34)44(32)27-12-5-2-6-13-27)41-38(43-39)29-15-9-14-28-30-22-25(24-10-3-1-4-11-24)19-21-33(30)45-36(28)29;38-37-40-35(25-11-5-2-6-12-25)39-36(41-37)30-16-8-15-29-32-22-27(19-20-33(32)42-34(29)30)26-18-17-24-13-7-14-28(31(24)21-26)23-9-3-1-4-10-23;34-33-36-31(22-11-5-2-6-12-22)35-32(37-33)27-16-8-15-26-28-20-25(17-18-29(28)38-30(26)27)24-14-7-13-23(19-24)21-9-3-1-4-10-21/h1-23,31,34H;1-22H;1-20H. The highest BCUT2D eigenvalue weighted by Gasteiger charge is 2.35. The highest BCUT2D eigenvalue weighted by molar-refractivity contribution is 8.00. The van der Waals surface area contributed by atoms with Crippen LogP contribution in [0.25, 0.3) is 197 Å². The molecule has 598 valence electrons. The first kappa shape index (κ1) is 77.6. The molecule has 126 heavy (non-hydrogen) atoms. The first-order chi connectivity index (χ1) is 62.1. The fourth-order valence-electron chi connectivity index (χ4n) is 17.0. The van der Waals surface area contributed by atoms with Crippen LogP contribution >= 0.6 is 69.2 Å². The number of aromatic nitrogens is 9. The number of hydrogen-bond donors (Lipinski definition) is 0. The van der Waals surface area contributed by atoms with E-state index in [2.05, 4.69) is 338 Å². The van der Waals surface area contributed by atoms with Crippen LogP contribution in [0.3, 0.4) is 0 Å². The Bertz CT molecular complexity index is 8020. The summed E-state index contributed by atoms with van der Waals surface area (Å²) in [6, 6.07) is 129. The van der Waals surface area contributed by atoms with Gasteiger partial charge in [0, 0.05) is 89.5 Å². The number of allylic oxidation sites excluding steroid dienone is 2. The summed E-state index contributed by atoms with van der Waals surface area (Å²) in [5.74, 6) is 3.28. The minimum Gasteiger partial charge on any atom is -0.455 e. The zero-order valence-corrected chi connectivity index (χ0v) is 71.6. The molecule has 0 saturated heterocycles. The van der Waals surface area contributed by atoms with Gasteiger partial charge in [-0.1, -0.05) is 297 Å². The lowest BCUT2D eigenvalue weighted by Gasteiger charge is -2.42. The van der Waals surface area contributed by atoms with E-state index in [0.29, 0.717) is 34.9 Å². The number of furan rings is 1. The molecule has 1 aliphatic carbocycles. The van der Waals surface area contributed by atoms with Gasteiger partial charge in [0.15, 0.2) is 34.9 Å². The van der Waals surface area contributed by atoms with Gasteiger partial charge in [0.25, 0.3) is 0 Å². The van der Waals surface area contributed by atoms with Gasteiger partial charge in [-0.2, -0.15) is 29.9 Å². The van der Waals surface area contributed by atoms with E-state index in [4.69, 9.17) is 54.2 Å². The number of para-hydroxylation sites is 2. The normalized spacial score (nSPS) is 13.4. The minimum absolute atomic E-state index is 0.135. The van der Waals surface area contributed by atoms with Gasteiger partial charge in [0.1, 0.15) is 11.2 Å². The van der Waals surface area contributed by atoms with Crippen molar-refractivity contribution in [2.24, 2.45) is 0 Å². The van der Waals surface area contributed by atoms with Gasteiger partial charge >= 0.3 is 0 Å². The predicted octanol–water partition coefficient (Wildman–Crippen LogP) is 30.8. The van der Waals surface area contributed by atoms with E-state index in [1.54, 1.807) is 22.7 Å². The van der Waals surface area contributed by atoms with Crippen LogP contribution in [0.1, 0.15) is 0 Å². The number of nitrogens with zero attached hydrogens (tertiary/aromatic N) is 10. The SMILES string of the molecule is Clc1nc(-c2ccc3c(c2)SC2C=CC=CC2N3c2ccccc2)nc(-c2cccc3c2oc2ccc(-c4ccccc4)cc23)n1.Clc1nc(-c2ccccc2)nc(-c2cccc3c2sc2ccc(-c4ccc5cccc(-c6ccccc6)c5c4)cc23)n1.Clc1nc(-c2ccccc2)nc(-c2cccc3c2sc2ccc(-c4cccc(-c5ccccc5)c4)cc23)n1. The maximum absolute atomic E-state index is 6.58. The number of thioether (sulfide) groups is 1. The summed E-state index contributed by atoms with van der Waals surface area (Å²) in [7, 11) is 0. The summed E-state index contributed by atoms with van der Waals surface area (Å²) in [6.07, 6.45) is 8.82. The van der Waals surface area contributed by atoms with Gasteiger partial charge in [-0.25, -0.2) is 15.0 Å². The summed E-state index contributed by atoms with van der Waals surface area (Å²) in [4.78, 5) is 45.1. The molecule has 1 aliphatic heterocycles. The molecule has 24 rings (SSSR count). The second kappa shape index (κ2) is 33.7. The van der Waals surface area contributed by atoms with E-state index >= 15 is 0 Å². The molecular formula is C109H67Cl3N10OS3. The topological polar surface area (TPSA) is 132 Å². The van der Waals surface area contributed by atoms with E-state index in [1.807, 2.05) is 103 Å². The van der Waals surface area contributed by atoms with Gasteiger partial charge in [-0.15, -0.1) is 34.4 Å². The van der Waals surface area contributed by atoms with Gasteiger partial charge in [-0.05, 0) is 198 Å². The van der Waals surface area contributed by atoms with Crippen molar-refractivity contribution in [1.82, 2.24) is 44.9 Å². The van der Waals surface area contributed by atoms with Crippen molar-refractivity contribution in [1.29, 1.82) is 0 Å². The molecule has 0 spiro atoms. The summed E-state index contributed by atoms with van der Waals surface area (Å²) in [6.45, 7) is 0. The van der Waals surface area contributed by atoms with Crippen LogP contribution in [-0.2, 0) is 0 Å². The summed E-state index contributed by atoms with van der Waals surface area (Å²) >= 11 is 24.7. The molecule has 0 saturated carbocycles. The molecule has 2 unspecified atom stereocenters. The van der Waals surface area contributed by atoms with Crippen LogP contribution in [0.4, 0.5) is 11.4 Å². The fraction of sp³-hybridized carbons (Fsp3) is 0.0183. The molecule has 0 fully saturated rings. The zero-order valence-electron chi connectivity index (χ0n) is 66.9. The van der Waals surface area contributed by atoms with Crippen LogP contribution in [0.15, 0.2) is 404 Å². The van der Waals surface area contributed by atoms with Crippen LogP contribution in [-0.4, -0.2) is 56.1 Å². The van der Waals surface area contributed by atoms with E-state index in [0.717, 1.165) is 92.1 Å². The van der Waals surface area contributed by atoms with Gasteiger partial charge in [-0.3, -0.25) is 0 Å². The first-order valence-corrected chi connectivity index (χ1v) is 44.8. The Morgan fingerprint density at radius 1 is 0.270 bits per heavy atom. The van der Waals surface area contributed by atoms with E-state index in [9.17, 15) is 0 Å². The second-order valence-corrected chi connectivity index (χ2v) is 35.0. The first-order valence-electron chi connectivity index (χ1n) is 41.2. The number of rotatable bonds is 12. The number of hydrogen-bond acceptors (Lipinski definition) is 14. The van der Waals surface area contributed by atoms with Crippen LogP contribution in [0, 0.1) is 0 Å². The molecule has 0 bridgehead atoms. The molecule has 11 nitrogen and oxygen atoms in total. The van der Waals surface area contributed by atoms with E-state index in [-0.39, 0.29) is 27.1 Å². The molecule has 0 radical (unpaired) electrons. The second-order valence-electron chi connectivity index (χ2n) is 30.6. The van der Waals surface area contributed by atoms with Crippen molar-refractivity contribution in [3.05, 3.63) is 410 Å². The Morgan fingerprint density at radius 3 is 1.25 bits per heavy atom. The Morgan fingerprint density at radius 2 is 0.675 bits per heavy atom. The largest absolute Gasteiger partial charge is 0.455 e. The lowest BCUT2D eigenvalue weighted by atomic mass is 9.94. The van der Waals surface area contributed by atoms with E-state index in [1.165, 1.54) is 86.2 Å². The van der Waals surface area contributed by atoms with Crippen LogP contribution in [0.5, 0.6) is 0 Å². The minimum atomic E-state index is 0.135. The molecular weight excluding hydrogens is 1670 g/mol. The highest BCUT2D eigenvalue weighted by Crippen LogP contribution is 2.50. The lowest BCUT2D eigenvalue weighted by Crippen LogP contribution is -2.41. The predicted molar refractivity (Wildman–Crippen MR) is 525 cm³/mol. The van der Waals surface area contributed by atoms with Crippen LogP contribution < -0.4 is 4.90 Å². The Labute approximate surface area is 752 Å². The quantitative estimate of drug-likeness (QED) is 0.115. The number of anilines is 2. The van der Waals surface area contributed by atoms with E-state index < -0.39 is 0 Å². The van der Waals surface area contributed by atoms with Crippen molar-refractivity contribution in [3.63, 3.8) is 0 Å². The molecule has 0 N–H and O–H groups in total. The third-order valence-electron chi connectivity index (χ3n) is 22.9. The number of benzene rings is 16. The molecule has 2 atom stereocenters. The number of thiophene rings is 2. The third-order valence-corrected chi connectivity index (χ3v) is 27.2.